The molecule has 10 heteroatoms. The number of carbonyl (C=O) groups is 1. The van der Waals surface area contributed by atoms with Crippen LogP contribution < -0.4 is 21.1 Å². The van der Waals surface area contributed by atoms with E-state index in [-0.39, 0.29) is 24.0 Å². The lowest BCUT2D eigenvalue weighted by Crippen LogP contribution is -2.27. The highest BCUT2D eigenvalue weighted by Gasteiger charge is 2.18. The van der Waals surface area contributed by atoms with Crippen molar-refractivity contribution >= 4 is 28.7 Å². The molecule has 4 rings (SSSR count). The van der Waals surface area contributed by atoms with Crippen molar-refractivity contribution in [3.63, 3.8) is 0 Å². The molecule has 0 spiro atoms. The average Bonchev–Trinajstić information content (AvgIpc) is 4.13. The lowest BCUT2D eigenvalue weighted by Gasteiger charge is -2.19. The Hall–Kier alpha value is -5.95. The summed E-state index contributed by atoms with van der Waals surface area (Å²) in [6.07, 6.45) is 24.9. The zero-order valence-corrected chi connectivity index (χ0v) is 32.9. The van der Waals surface area contributed by atoms with E-state index in [1.807, 2.05) is 62.4 Å². The number of hydrogen-bond acceptors (Lipinski definition) is 8. The molecule has 284 valence electrons. The van der Waals surface area contributed by atoms with Crippen LogP contribution >= 0.6 is 0 Å². The Morgan fingerprint density at radius 3 is 2.54 bits per heavy atom. The Bertz CT molecular complexity index is 1910. The second kappa shape index (κ2) is 22.2. The second-order valence-corrected chi connectivity index (χ2v) is 13.2. The molecule has 5 N–H and O–H groups in total. The summed E-state index contributed by atoms with van der Waals surface area (Å²) in [5.74, 6) is 1.73. The normalized spacial score (nSPS) is 15.0. The molecule has 0 aliphatic heterocycles. The van der Waals surface area contributed by atoms with Crippen molar-refractivity contribution in [1.82, 2.24) is 15.2 Å². The summed E-state index contributed by atoms with van der Waals surface area (Å²) in [6, 6.07) is 11.1. The molecule has 2 aliphatic carbocycles. The number of nitrogens with zero attached hydrogens (tertiary/aromatic N) is 4. The number of nitriles is 1. The van der Waals surface area contributed by atoms with E-state index in [0.29, 0.717) is 39.7 Å². The fraction of sp³-hybridized carbons (Fsp3) is 0.341. The van der Waals surface area contributed by atoms with E-state index < -0.39 is 0 Å². The number of nitrogens with two attached hydrogens (primary N) is 1. The number of aromatic nitrogens is 1. The summed E-state index contributed by atoms with van der Waals surface area (Å²) in [4.78, 5) is 23.6. The van der Waals surface area contributed by atoms with Gasteiger partial charge < -0.3 is 26.0 Å². The first-order valence-electron chi connectivity index (χ1n) is 18.5. The van der Waals surface area contributed by atoms with Crippen LogP contribution in [-0.2, 0) is 11.3 Å². The van der Waals surface area contributed by atoms with E-state index in [1.165, 1.54) is 18.4 Å². The molecule has 0 atom stereocenters. The van der Waals surface area contributed by atoms with Gasteiger partial charge in [-0.3, -0.25) is 15.2 Å². The van der Waals surface area contributed by atoms with Crippen LogP contribution in [0.25, 0.3) is 5.57 Å². The minimum absolute atomic E-state index is 0.168. The highest BCUT2D eigenvalue weighted by atomic mass is 16.5. The number of likely N-dealkylation sites (N-methyl/N-ethyl adjacent to an activating group) is 1. The van der Waals surface area contributed by atoms with Crippen LogP contribution in [0.2, 0.25) is 0 Å². The van der Waals surface area contributed by atoms with Gasteiger partial charge in [-0.1, -0.05) is 87.8 Å². The van der Waals surface area contributed by atoms with Gasteiger partial charge >= 0.3 is 0 Å². The van der Waals surface area contributed by atoms with Crippen LogP contribution in [0.15, 0.2) is 119 Å². The van der Waals surface area contributed by atoms with Crippen LogP contribution in [-0.4, -0.2) is 41.5 Å². The number of rotatable bonds is 17. The molecule has 54 heavy (non-hydrogen) atoms. The number of allylic oxidation sites excluding steroid dienone is 8. The average molecular weight is 729 g/mol. The third-order valence-corrected chi connectivity index (χ3v) is 8.32. The van der Waals surface area contributed by atoms with Gasteiger partial charge in [0.25, 0.3) is 0 Å². The van der Waals surface area contributed by atoms with Crippen LogP contribution in [0.5, 0.6) is 5.75 Å². The predicted octanol–water partition coefficient (Wildman–Crippen LogP) is 9.10. The van der Waals surface area contributed by atoms with E-state index >= 15 is 0 Å². The molecule has 2 aromatic rings. The quantitative estimate of drug-likeness (QED) is 0.0549. The number of nitrogens with one attached hydrogen (secondary N) is 3. The molecule has 2 fully saturated rings. The number of hydrogen-bond donors (Lipinski definition) is 4. The van der Waals surface area contributed by atoms with Gasteiger partial charge in [-0.05, 0) is 75.4 Å². The maximum atomic E-state index is 13.3. The fourth-order valence-electron chi connectivity index (χ4n) is 4.89. The Labute approximate surface area is 321 Å². The number of ether oxygens (including phenoxy) is 1. The van der Waals surface area contributed by atoms with E-state index in [1.54, 1.807) is 68.9 Å². The molecule has 0 radical (unpaired) electrons. The lowest BCUT2D eigenvalue weighted by atomic mass is 10.0. The number of amides is 1. The molecule has 0 unspecified atom stereocenters. The molecule has 1 aromatic carbocycles. The summed E-state index contributed by atoms with van der Waals surface area (Å²) >= 11 is 0. The van der Waals surface area contributed by atoms with E-state index in [9.17, 15) is 10.1 Å². The van der Waals surface area contributed by atoms with Gasteiger partial charge in [-0.2, -0.15) is 5.26 Å². The maximum absolute atomic E-state index is 13.3. The van der Waals surface area contributed by atoms with Crippen molar-refractivity contribution in [2.75, 3.05) is 19.5 Å². The van der Waals surface area contributed by atoms with Crippen LogP contribution in [0, 0.1) is 22.7 Å². The second-order valence-electron chi connectivity index (χ2n) is 13.2. The van der Waals surface area contributed by atoms with Gasteiger partial charge in [0, 0.05) is 36.7 Å². The molecular formula is C44H56N8O2. The van der Waals surface area contributed by atoms with Gasteiger partial charge in [0.1, 0.15) is 17.3 Å². The molecule has 1 amide bonds. The number of anilines is 1. The Morgan fingerprint density at radius 2 is 1.93 bits per heavy atom. The molecule has 2 aliphatic rings. The Balaban J connectivity index is 0.00000183. The first-order valence-corrected chi connectivity index (χ1v) is 18.5. The number of methoxy groups -OCH3 is 1. The zero-order valence-electron chi connectivity index (χ0n) is 32.9. The predicted molar refractivity (Wildman–Crippen MR) is 223 cm³/mol. The molecule has 1 aromatic heterocycles. The molecule has 0 saturated heterocycles. The van der Waals surface area contributed by atoms with Gasteiger partial charge in [0.2, 0.25) is 5.91 Å². The summed E-state index contributed by atoms with van der Waals surface area (Å²) in [7, 11) is 3.31. The topological polar surface area (TPSA) is 153 Å². The SMILES string of the molecule is C/C=C\N/C(=C/CC)C(=N)/C(=C\C(N)=NC=C1CC1)Nc1cccc(C(/C=C/CC)=C/C=C(\C)C(=O)N(C)Cc2cc(C#N)ccn2)c1OC.CC1CC1. The summed E-state index contributed by atoms with van der Waals surface area (Å²) < 4.78 is 5.99. The van der Waals surface area contributed by atoms with Gasteiger partial charge in [0.15, 0.2) is 0 Å². The van der Waals surface area contributed by atoms with Crippen LogP contribution in [0.1, 0.15) is 90.0 Å². The van der Waals surface area contributed by atoms with Gasteiger partial charge in [-0.25, -0.2) is 4.99 Å². The van der Waals surface area contributed by atoms with Crippen LogP contribution in [0.4, 0.5) is 5.69 Å². The summed E-state index contributed by atoms with van der Waals surface area (Å²) in [5.41, 5.74) is 12.7. The number of aliphatic imine (C=N–C) groups is 1. The highest BCUT2D eigenvalue weighted by Crippen LogP contribution is 2.36. The van der Waals surface area contributed by atoms with Crippen molar-refractivity contribution in [3.8, 4) is 11.8 Å². The summed E-state index contributed by atoms with van der Waals surface area (Å²) in [6.45, 7) is 10.3. The fourth-order valence-corrected chi connectivity index (χ4v) is 4.89. The number of para-hydroxylation sites is 1. The number of pyridine rings is 1. The maximum Gasteiger partial charge on any atom is 0.249 e. The third-order valence-electron chi connectivity index (χ3n) is 8.32. The first-order chi connectivity index (χ1) is 26.0. The number of amidine groups is 1. The minimum atomic E-state index is -0.168. The van der Waals surface area contributed by atoms with Crippen molar-refractivity contribution in [2.45, 2.75) is 79.7 Å². The number of benzene rings is 1. The van der Waals surface area contributed by atoms with Crippen molar-refractivity contribution in [2.24, 2.45) is 16.6 Å². The zero-order chi connectivity index (χ0) is 39.5. The molecule has 2 saturated carbocycles. The standard InChI is InChI=1S/C40H48N8O2.C4H8/c1-7-10-13-31(19-16-28(4)40(49)48(5)27-32-23-30(25-41)20-22-44-32)33-14-11-15-35(39(33)50-6)47-36(24-37(42)46-26-29-17-18-29)38(43)34(12-8-2)45-21-9-3;1-4-2-3-4/h9-16,19-24,26,43,45,47H,7-8,17-18,27H2,1-6H3,(H2,42,46);4H,2-3H2,1H3/b13-10+,21-9-,28-16+,31-19+,34-12+,36-24+,43-38?;. The smallest absolute Gasteiger partial charge is 0.249 e. The largest absolute Gasteiger partial charge is 0.494 e. The molecule has 0 bridgehead atoms. The van der Waals surface area contributed by atoms with E-state index in [2.05, 4.69) is 40.5 Å². The molecule has 1 heterocycles. The monoisotopic (exact) mass is 728 g/mol. The highest BCUT2D eigenvalue weighted by molar-refractivity contribution is 6.15. The van der Waals surface area contributed by atoms with Crippen LogP contribution in [0.3, 0.4) is 0 Å². The Kier molecular flexibility index (Phi) is 17.5. The lowest BCUT2D eigenvalue weighted by molar-refractivity contribution is -0.126. The summed E-state index contributed by atoms with van der Waals surface area (Å²) in [5, 5.41) is 25.0. The van der Waals surface area contributed by atoms with Crippen molar-refractivity contribution in [1.29, 1.82) is 10.7 Å². The first kappa shape index (κ1) is 42.5. The van der Waals surface area contributed by atoms with Gasteiger partial charge in [-0.15, -0.1) is 0 Å². The van der Waals surface area contributed by atoms with Gasteiger partial charge in [0.05, 0.1) is 48.1 Å². The molecular weight excluding hydrogens is 673 g/mol. The minimum Gasteiger partial charge on any atom is -0.494 e. The van der Waals surface area contributed by atoms with E-state index in [4.69, 9.17) is 15.9 Å². The number of carbonyl (C=O) groups excluding carboxylic acids is 1. The molecule has 10 nitrogen and oxygen atoms in total. The van der Waals surface area contributed by atoms with Crippen molar-refractivity contribution in [3.05, 3.63) is 131 Å². The van der Waals surface area contributed by atoms with Crippen molar-refractivity contribution < 1.29 is 9.53 Å². The third kappa shape index (κ3) is 14.2. The Morgan fingerprint density at radius 1 is 1.19 bits per heavy atom. The van der Waals surface area contributed by atoms with E-state index in [0.717, 1.165) is 42.7 Å².